The van der Waals surface area contributed by atoms with Crippen LogP contribution in [0.25, 0.3) is 0 Å². The molecule has 1 atom stereocenters. The third kappa shape index (κ3) is 7.63. The Bertz CT molecular complexity index is 561. The van der Waals surface area contributed by atoms with Crippen molar-refractivity contribution >= 4 is 41.3 Å². The molecule has 0 aromatic carbocycles. The molecule has 134 valence electrons. The van der Waals surface area contributed by atoms with Crippen molar-refractivity contribution in [1.29, 1.82) is 0 Å². The molecule has 24 heavy (non-hydrogen) atoms. The molecule has 0 fully saturated rings. The van der Waals surface area contributed by atoms with Gasteiger partial charge in [-0.3, -0.25) is 4.99 Å². The molecular formula is C16H25IN4O2S. The van der Waals surface area contributed by atoms with Crippen molar-refractivity contribution in [3.63, 3.8) is 0 Å². The molecule has 0 spiro atoms. The molecule has 2 rings (SSSR count). The maximum Gasteiger partial charge on any atom is 0.191 e. The van der Waals surface area contributed by atoms with Gasteiger partial charge in [0.2, 0.25) is 0 Å². The Morgan fingerprint density at radius 3 is 2.92 bits per heavy atom. The van der Waals surface area contributed by atoms with Gasteiger partial charge in [0.15, 0.2) is 5.96 Å². The number of furan rings is 1. The summed E-state index contributed by atoms with van der Waals surface area (Å²) in [6, 6.07) is 3.87. The number of nitrogens with zero attached hydrogens (tertiary/aromatic N) is 2. The molecule has 2 aromatic heterocycles. The van der Waals surface area contributed by atoms with Crippen LogP contribution in [0.2, 0.25) is 0 Å². The summed E-state index contributed by atoms with van der Waals surface area (Å²) in [5.74, 6) is 2.06. The first kappa shape index (κ1) is 20.9. The van der Waals surface area contributed by atoms with Gasteiger partial charge < -0.3 is 19.8 Å². The SMILES string of the molecule is COCCNC(=NCC(C)c1nccs1)NCCc1ccco1.I. The maximum atomic E-state index is 5.33. The van der Waals surface area contributed by atoms with E-state index in [1.165, 1.54) is 0 Å². The average molecular weight is 464 g/mol. The van der Waals surface area contributed by atoms with Crippen LogP contribution < -0.4 is 10.6 Å². The first-order valence-electron chi connectivity index (χ1n) is 7.72. The predicted octanol–water partition coefficient (Wildman–Crippen LogP) is 2.88. The minimum atomic E-state index is 0. The first-order chi connectivity index (χ1) is 11.3. The molecule has 0 aliphatic rings. The quantitative estimate of drug-likeness (QED) is 0.259. The lowest BCUT2D eigenvalue weighted by molar-refractivity contribution is 0.203. The Morgan fingerprint density at radius 2 is 2.25 bits per heavy atom. The number of rotatable bonds is 9. The highest BCUT2D eigenvalue weighted by molar-refractivity contribution is 14.0. The Kier molecular flexibility index (Phi) is 10.7. The highest BCUT2D eigenvalue weighted by Crippen LogP contribution is 2.17. The molecular weight excluding hydrogens is 439 g/mol. The van der Waals surface area contributed by atoms with Crippen molar-refractivity contribution in [1.82, 2.24) is 15.6 Å². The smallest absolute Gasteiger partial charge is 0.191 e. The van der Waals surface area contributed by atoms with Crippen molar-refractivity contribution in [2.24, 2.45) is 4.99 Å². The number of hydrogen-bond acceptors (Lipinski definition) is 5. The first-order valence-corrected chi connectivity index (χ1v) is 8.60. The summed E-state index contributed by atoms with van der Waals surface area (Å²) in [6.45, 7) is 4.95. The molecule has 1 unspecified atom stereocenters. The van der Waals surface area contributed by atoms with Crippen molar-refractivity contribution in [3.8, 4) is 0 Å². The van der Waals surface area contributed by atoms with Crippen LogP contribution in [0.4, 0.5) is 0 Å². The lowest BCUT2D eigenvalue weighted by Gasteiger charge is -2.13. The molecule has 0 bridgehead atoms. The summed E-state index contributed by atoms with van der Waals surface area (Å²) >= 11 is 1.67. The van der Waals surface area contributed by atoms with E-state index in [9.17, 15) is 0 Å². The van der Waals surface area contributed by atoms with Crippen molar-refractivity contribution in [2.45, 2.75) is 19.3 Å². The van der Waals surface area contributed by atoms with E-state index in [2.05, 4.69) is 27.5 Å². The van der Waals surface area contributed by atoms with Gasteiger partial charge in [-0.05, 0) is 12.1 Å². The molecule has 0 aliphatic carbocycles. The van der Waals surface area contributed by atoms with Gasteiger partial charge in [-0.25, -0.2) is 4.98 Å². The second-order valence-corrected chi connectivity index (χ2v) is 6.06. The lowest BCUT2D eigenvalue weighted by atomic mass is 10.2. The molecule has 2 aromatic rings. The molecule has 6 nitrogen and oxygen atoms in total. The monoisotopic (exact) mass is 464 g/mol. The van der Waals surface area contributed by atoms with Crippen LogP contribution in [0.3, 0.4) is 0 Å². The van der Waals surface area contributed by atoms with Crippen LogP contribution >= 0.6 is 35.3 Å². The molecule has 0 radical (unpaired) electrons. The topological polar surface area (TPSA) is 71.7 Å². The number of guanidine groups is 1. The Hall–Kier alpha value is -1.13. The molecule has 8 heteroatoms. The summed E-state index contributed by atoms with van der Waals surface area (Å²) in [6.07, 6.45) is 4.34. The predicted molar refractivity (Wildman–Crippen MR) is 109 cm³/mol. The van der Waals surface area contributed by atoms with E-state index >= 15 is 0 Å². The van der Waals surface area contributed by atoms with Gasteiger partial charge >= 0.3 is 0 Å². The minimum absolute atomic E-state index is 0. The van der Waals surface area contributed by atoms with E-state index in [1.54, 1.807) is 24.7 Å². The van der Waals surface area contributed by atoms with Gasteiger partial charge in [0.25, 0.3) is 0 Å². The van der Waals surface area contributed by atoms with Crippen molar-refractivity contribution < 1.29 is 9.15 Å². The molecule has 0 saturated heterocycles. The summed E-state index contributed by atoms with van der Waals surface area (Å²) in [4.78, 5) is 8.99. The van der Waals surface area contributed by atoms with Crippen LogP contribution in [0.5, 0.6) is 0 Å². The van der Waals surface area contributed by atoms with E-state index in [4.69, 9.17) is 9.15 Å². The fraction of sp³-hybridized carbons (Fsp3) is 0.500. The van der Waals surface area contributed by atoms with Gasteiger partial charge in [-0.2, -0.15) is 0 Å². The number of methoxy groups -OCH3 is 1. The lowest BCUT2D eigenvalue weighted by Crippen LogP contribution is -2.40. The number of hydrogen-bond donors (Lipinski definition) is 2. The van der Waals surface area contributed by atoms with Gasteiger partial charge in [0.05, 0.1) is 24.4 Å². The van der Waals surface area contributed by atoms with E-state index in [0.29, 0.717) is 25.6 Å². The number of nitrogens with one attached hydrogen (secondary N) is 2. The van der Waals surface area contributed by atoms with Crippen molar-refractivity contribution in [3.05, 3.63) is 40.7 Å². The number of aromatic nitrogens is 1. The Morgan fingerprint density at radius 1 is 1.42 bits per heavy atom. The van der Waals surface area contributed by atoms with Crippen LogP contribution in [0, 0.1) is 0 Å². The van der Waals surface area contributed by atoms with E-state index in [0.717, 1.165) is 29.7 Å². The standard InChI is InChI=1S/C16H24N4O2S.HI/c1-13(15-17-8-11-23-15)12-20-16(19-7-10-21-2)18-6-5-14-4-3-9-22-14;/h3-4,8-9,11,13H,5-7,10,12H2,1-2H3,(H2,18,19,20);1H. The highest BCUT2D eigenvalue weighted by Gasteiger charge is 2.08. The Balaban J connectivity index is 0.00000288. The zero-order chi connectivity index (χ0) is 16.3. The molecule has 2 N–H and O–H groups in total. The second kappa shape index (κ2) is 12.3. The van der Waals surface area contributed by atoms with E-state index in [1.807, 2.05) is 23.7 Å². The summed E-state index contributed by atoms with van der Waals surface area (Å²) in [5.41, 5.74) is 0. The minimum Gasteiger partial charge on any atom is -0.469 e. The van der Waals surface area contributed by atoms with E-state index in [-0.39, 0.29) is 24.0 Å². The number of halogens is 1. The molecule has 0 saturated carbocycles. The number of aliphatic imine (C=N–C) groups is 1. The molecule has 0 amide bonds. The summed E-state index contributed by atoms with van der Waals surface area (Å²) in [5, 5.41) is 9.70. The molecule has 2 heterocycles. The van der Waals surface area contributed by atoms with Crippen molar-refractivity contribution in [2.75, 3.05) is 33.4 Å². The maximum absolute atomic E-state index is 5.33. The third-order valence-corrected chi connectivity index (χ3v) is 4.25. The fourth-order valence-electron chi connectivity index (χ4n) is 1.99. The molecule has 0 aliphatic heterocycles. The van der Waals surface area contributed by atoms with Gasteiger partial charge in [-0.15, -0.1) is 35.3 Å². The number of ether oxygens (including phenoxy) is 1. The summed E-state index contributed by atoms with van der Waals surface area (Å²) < 4.78 is 10.4. The highest BCUT2D eigenvalue weighted by atomic mass is 127. The van der Waals surface area contributed by atoms with Gasteiger partial charge in [0.1, 0.15) is 5.76 Å². The normalized spacial score (nSPS) is 12.5. The van der Waals surface area contributed by atoms with Gasteiger partial charge in [0, 0.05) is 44.1 Å². The second-order valence-electron chi connectivity index (χ2n) is 5.14. The van der Waals surface area contributed by atoms with Gasteiger partial charge in [-0.1, -0.05) is 6.92 Å². The fourth-order valence-corrected chi connectivity index (χ4v) is 2.68. The van der Waals surface area contributed by atoms with E-state index < -0.39 is 0 Å². The van der Waals surface area contributed by atoms with Crippen LogP contribution in [0.15, 0.2) is 39.4 Å². The number of thiazole rings is 1. The third-order valence-electron chi connectivity index (χ3n) is 3.24. The largest absolute Gasteiger partial charge is 0.469 e. The average Bonchev–Trinajstić information content (AvgIpc) is 3.25. The Labute approximate surface area is 164 Å². The van der Waals surface area contributed by atoms with Crippen LogP contribution in [-0.4, -0.2) is 44.3 Å². The van der Waals surface area contributed by atoms with Crippen LogP contribution in [0.1, 0.15) is 23.6 Å². The van der Waals surface area contributed by atoms with Crippen LogP contribution in [-0.2, 0) is 11.2 Å². The summed E-state index contributed by atoms with van der Waals surface area (Å²) in [7, 11) is 1.69. The zero-order valence-electron chi connectivity index (χ0n) is 14.0. The zero-order valence-corrected chi connectivity index (χ0v) is 17.2.